The van der Waals surface area contributed by atoms with Crippen molar-refractivity contribution < 1.29 is 17.9 Å². The van der Waals surface area contributed by atoms with Gasteiger partial charge in [-0.15, -0.1) is 0 Å². The number of ether oxygens (including phenoxy) is 1. The molecule has 3 aromatic heterocycles. The highest BCUT2D eigenvalue weighted by Crippen LogP contribution is 2.31. The first-order valence-corrected chi connectivity index (χ1v) is 12.1. The Morgan fingerprint density at radius 2 is 1.70 bits per heavy atom. The highest BCUT2D eigenvalue weighted by molar-refractivity contribution is 5.90. The Labute approximate surface area is 212 Å². The van der Waals surface area contributed by atoms with Gasteiger partial charge in [0.15, 0.2) is 5.65 Å². The molecule has 0 bridgehead atoms. The van der Waals surface area contributed by atoms with E-state index in [4.69, 9.17) is 19.7 Å². The van der Waals surface area contributed by atoms with Crippen molar-refractivity contribution in [1.29, 1.82) is 0 Å². The van der Waals surface area contributed by atoms with Gasteiger partial charge in [-0.25, -0.2) is 15.0 Å². The summed E-state index contributed by atoms with van der Waals surface area (Å²) in [5, 5.41) is 3.83. The minimum Gasteiger partial charge on any atom is -0.373 e. The van der Waals surface area contributed by atoms with Crippen molar-refractivity contribution in [3.63, 3.8) is 0 Å². The monoisotopic (exact) mass is 508 g/mol. The smallest absolute Gasteiger partial charge is 0.373 e. The molecule has 10 heteroatoms. The van der Waals surface area contributed by atoms with Gasteiger partial charge in [0.2, 0.25) is 0 Å². The molecular formula is C27H27F3N6O. The number of alkyl halides is 3. The highest BCUT2D eigenvalue weighted by atomic mass is 19.4. The van der Waals surface area contributed by atoms with Crippen molar-refractivity contribution in [3.05, 3.63) is 71.7 Å². The summed E-state index contributed by atoms with van der Waals surface area (Å²) in [7, 11) is 0. The number of hydrogen-bond acceptors (Lipinski definition) is 7. The summed E-state index contributed by atoms with van der Waals surface area (Å²) in [6.45, 7) is 8.01. The number of morpholine rings is 1. The summed E-state index contributed by atoms with van der Waals surface area (Å²) < 4.78 is 44.9. The number of rotatable bonds is 5. The fourth-order valence-electron chi connectivity index (χ4n) is 4.60. The van der Waals surface area contributed by atoms with Crippen molar-refractivity contribution in [1.82, 2.24) is 24.8 Å². The van der Waals surface area contributed by atoms with E-state index in [1.165, 1.54) is 12.1 Å². The van der Waals surface area contributed by atoms with Gasteiger partial charge in [-0.1, -0.05) is 6.07 Å². The topological polar surface area (TPSA) is 76.1 Å². The predicted octanol–water partition coefficient (Wildman–Crippen LogP) is 5.77. The van der Waals surface area contributed by atoms with E-state index in [1.807, 2.05) is 45.0 Å². The van der Waals surface area contributed by atoms with Crippen LogP contribution in [0.2, 0.25) is 0 Å². The van der Waals surface area contributed by atoms with Crippen molar-refractivity contribution in [2.24, 2.45) is 0 Å². The molecule has 1 N–H and O–H groups in total. The number of benzene rings is 1. The molecule has 1 fully saturated rings. The van der Waals surface area contributed by atoms with Crippen LogP contribution >= 0.6 is 0 Å². The van der Waals surface area contributed by atoms with Gasteiger partial charge in [0.25, 0.3) is 0 Å². The molecule has 0 aliphatic carbocycles. The Hall–Kier alpha value is -3.63. The molecule has 1 aliphatic rings. The maximum atomic E-state index is 13.0. The maximum absolute atomic E-state index is 13.0. The van der Waals surface area contributed by atoms with E-state index in [-0.39, 0.29) is 12.2 Å². The summed E-state index contributed by atoms with van der Waals surface area (Å²) in [5.41, 5.74) is 2.69. The molecule has 1 aliphatic heterocycles. The zero-order valence-corrected chi connectivity index (χ0v) is 20.8. The molecule has 5 rings (SSSR count). The second-order valence-electron chi connectivity index (χ2n) is 9.38. The molecule has 0 spiro atoms. The van der Waals surface area contributed by atoms with Gasteiger partial charge < -0.3 is 10.1 Å². The molecule has 1 saturated heterocycles. The number of halogens is 3. The standard InChI is InChI=1S/C27H27F3N6O/c1-16-5-4-12-31-24(16)22-11-10-21-25(32-20-8-6-19(7-9-20)27(28,29)30)34-23(35-26(21)33-22)15-36-13-17(2)37-18(3)14-36/h4-12,17-18H,13-15H2,1-3H3,(H,32,33,34,35). The van der Waals surface area contributed by atoms with Crippen LogP contribution in [0, 0.1) is 6.92 Å². The van der Waals surface area contributed by atoms with Crippen LogP contribution in [0.5, 0.6) is 0 Å². The molecule has 2 unspecified atom stereocenters. The van der Waals surface area contributed by atoms with Gasteiger partial charge in [-0.3, -0.25) is 9.88 Å². The number of aryl methyl sites for hydroxylation is 1. The Morgan fingerprint density at radius 1 is 0.973 bits per heavy atom. The van der Waals surface area contributed by atoms with Gasteiger partial charge in [-0.05, 0) is 68.8 Å². The van der Waals surface area contributed by atoms with Crippen LogP contribution in [0.3, 0.4) is 0 Å². The third-order valence-corrected chi connectivity index (χ3v) is 6.19. The zero-order valence-electron chi connectivity index (χ0n) is 20.8. The van der Waals surface area contributed by atoms with E-state index < -0.39 is 11.7 Å². The number of hydrogen-bond donors (Lipinski definition) is 1. The molecule has 1 aromatic carbocycles. The lowest BCUT2D eigenvalue weighted by atomic mass is 10.1. The van der Waals surface area contributed by atoms with Crippen molar-refractivity contribution in [2.45, 2.75) is 45.7 Å². The quantitative estimate of drug-likeness (QED) is 0.367. The summed E-state index contributed by atoms with van der Waals surface area (Å²) in [6, 6.07) is 12.4. The van der Waals surface area contributed by atoms with Gasteiger partial charge in [0, 0.05) is 25.0 Å². The number of nitrogens with zero attached hydrogens (tertiary/aromatic N) is 5. The number of anilines is 2. The van der Waals surface area contributed by atoms with Gasteiger partial charge in [-0.2, -0.15) is 13.2 Å². The first-order chi connectivity index (χ1) is 17.7. The van der Waals surface area contributed by atoms with Crippen molar-refractivity contribution >= 4 is 22.5 Å². The van der Waals surface area contributed by atoms with Gasteiger partial charge in [0.05, 0.1) is 41.1 Å². The molecule has 37 heavy (non-hydrogen) atoms. The fourth-order valence-corrected chi connectivity index (χ4v) is 4.60. The lowest BCUT2D eigenvalue weighted by Gasteiger charge is -2.34. The van der Waals surface area contributed by atoms with Crippen molar-refractivity contribution in [3.8, 4) is 11.4 Å². The normalized spacial score (nSPS) is 18.8. The van der Waals surface area contributed by atoms with Gasteiger partial charge >= 0.3 is 6.18 Å². The molecule has 0 amide bonds. The minimum atomic E-state index is -4.40. The van der Waals surface area contributed by atoms with E-state index in [2.05, 4.69) is 15.2 Å². The molecule has 0 saturated carbocycles. The summed E-state index contributed by atoms with van der Waals surface area (Å²) >= 11 is 0. The summed E-state index contributed by atoms with van der Waals surface area (Å²) in [5.74, 6) is 1.04. The van der Waals surface area contributed by atoms with Crippen LogP contribution in [0.1, 0.15) is 30.8 Å². The Bertz CT molecular complexity index is 1400. The zero-order chi connectivity index (χ0) is 26.2. The number of fused-ring (bicyclic) bond motifs is 1. The number of pyridine rings is 2. The molecule has 192 valence electrons. The average molecular weight is 509 g/mol. The third-order valence-electron chi connectivity index (χ3n) is 6.19. The number of nitrogens with one attached hydrogen (secondary N) is 1. The summed E-state index contributed by atoms with van der Waals surface area (Å²) in [4.78, 5) is 21.0. The predicted molar refractivity (Wildman–Crippen MR) is 135 cm³/mol. The van der Waals surface area contributed by atoms with Crippen LogP contribution in [-0.4, -0.2) is 50.1 Å². The average Bonchev–Trinajstić information content (AvgIpc) is 2.83. The van der Waals surface area contributed by atoms with Gasteiger partial charge in [0.1, 0.15) is 11.6 Å². The molecule has 2 atom stereocenters. The first kappa shape index (κ1) is 25.0. The minimum absolute atomic E-state index is 0.0887. The lowest BCUT2D eigenvalue weighted by Crippen LogP contribution is -2.45. The second-order valence-corrected chi connectivity index (χ2v) is 9.38. The maximum Gasteiger partial charge on any atom is 0.416 e. The van der Waals surface area contributed by atoms with Crippen molar-refractivity contribution in [2.75, 3.05) is 18.4 Å². The summed E-state index contributed by atoms with van der Waals surface area (Å²) in [6.07, 6.45) is -2.50. The molecule has 4 aromatic rings. The van der Waals surface area contributed by atoms with E-state index in [9.17, 15) is 13.2 Å². The van der Waals surface area contributed by atoms with Crippen LogP contribution in [0.4, 0.5) is 24.7 Å². The lowest BCUT2D eigenvalue weighted by molar-refractivity contribution is -0.137. The van der Waals surface area contributed by atoms with Crippen LogP contribution in [-0.2, 0) is 17.5 Å². The molecule has 0 radical (unpaired) electrons. The first-order valence-electron chi connectivity index (χ1n) is 12.1. The van der Waals surface area contributed by atoms with Crippen LogP contribution < -0.4 is 5.32 Å². The largest absolute Gasteiger partial charge is 0.416 e. The second kappa shape index (κ2) is 10.0. The fraction of sp³-hybridized carbons (Fsp3) is 0.333. The Morgan fingerprint density at radius 3 is 2.38 bits per heavy atom. The molecular weight excluding hydrogens is 481 g/mol. The van der Waals surface area contributed by atoms with E-state index in [0.29, 0.717) is 40.6 Å². The van der Waals surface area contributed by atoms with E-state index >= 15 is 0 Å². The molecule has 4 heterocycles. The Balaban J connectivity index is 1.54. The van der Waals surface area contributed by atoms with E-state index in [1.54, 1.807) is 6.20 Å². The highest BCUT2D eigenvalue weighted by Gasteiger charge is 2.30. The Kier molecular flexibility index (Phi) is 6.78. The van der Waals surface area contributed by atoms with Crippen LogP contribution in [0.15, 0.2) is 54.7 Å². The van der Waals surface area contributed by atoms with Crippen LogP contribution in [0.25, 0.3) is 22.4 Å². The number of aromatic nitrogens is 4. The van der Waals surface area contributed by atoms with E-state index in [0.717, 1.165) is 36.5 Å². The SMILES string of the molecule is Cc1cccnc1-c1ccc2c(Nc3ccc(C(F)(F)F)cc3)nc(CN3CC(C)OC(C)C3)nc2n1. The molecule has 7 nitrogen and oxygen atoms in total. The third kappa shape index (κ3) is 5.70.